The van der Waals surface area contributed by atoms with Gasteiger partial charge in [-0.1, -0.05) is 26.8 Å². The highest BCUT2D eigenvalue weighted by Gasteiger charge is 2.18. The maximum Gasteiger partial charge on any atom is 0.128 e. The molecule has 1 unspecified atom stereocenters. The molecular formula is C17H24N2OS. The summed E-state index contributed by atoms with van der Waals surface area (Å²) in [4.78, 5) is 4.66. The molecule has 0 saturated heterocycles. The first-order valence-corrected chi connectivity index (χ1v) is 8.19. The van der Waals surface area contributed by atoms with Gasteiger partial charge >= 0.3 is 0 Å². The highest BCUT2D eigenvalue weighted by atomic mass is 32.1. The summed E-state index contributed by atoms with van der Waals surface area (Å²) in [6.07, 6.45) is 0. The molecule has 3 nitrogen and oxygen atoms in total. The molecule has 0 aliphatic heterocycles. The molecule has 0 saturated carbocycles. The van der Waals surface area contributed by atoms with Crippen molar-refractivity contribution in [1.29, 1.82) is 0 Å². The molecule has 0 fully saturated rings. The van der Waals surface area contributed by atoms with E-state index < -0.39 is 0 Å². The predicted molar refractivity (Wildman–Crippen MR) is 90.0 cm³/mol. The van der Waals surface area contributed by atoms with Gasteiger partial charge in [0, 0.05) is 10.9 Å². The Labute approximate surface area is 131 Å². The number of benzene rings is 1. The van der Waals surface area contributed by atoms with E-state index in [9.17, 15) is 0 Å². The van der Waals surface area contributed by atoms with Crippen LogP contribution >= 0.6 is 11.3 Å². The lowest BCUT2D eigenvalue weighted by atomic mass is 9.86. The van der Waals surface area contributed by atoms with Crippen LogP contribution in [-0.4, -0.2) is 11.6 Å². The second-order valence-electron chi connectivity index (χ2n) is 6.25. The number of ether oxygens (including phenoxy) is 1. The smallest absolute Gasteiger partial charge is 0.128 e. The molecule has 2 N–H and O–H groups in total. The van der Waals surface area contributed by atoms with Crippen molar-refractivity contribution in [3.05, 3.63) is 34.2 Å². The monoisotopic (exact) mass is 304 g/mol. The highest BCUT2D eigenvalue weighted by molar-refractivity contribution is 7.10. The minimum Gasteiger partial charge on any atom is -0.493 e. The Morgan fingerprint density at radius 1 is 1.33 bits per heavy atom. The number of nitrogens with two attached hydrogens (primary N) is 1. The van der Waals surface area contributed by atoms with Crippen LogP contribution in [0.5, 0.6) is 5.75 Å². The topological polar surface area (TPSA) is 48.1 Å². The number of aromatic nitrogens is 1. The van der Waals surface area contributed by atoms with E-state index in [1.165, 1.54) is 5.56 Å². The van der Waals surface area contributed by atoms with E-state index in [0.717, 1.165) is 22.0 Å². The first-order chi connectivity index (χ1) is 9.82. The minimum absolute atomic E-state index is 0.0370. The highest BCUT2D eigenvalue weighted by Crippen LogP contribution is 2.35. The van der Waals surface area contributed by atoms with Crippen molar-refractivity contribution in [3.8, 4) is 17.0 Å². The first kappa shape index (κ1) is 16.0. The molecule has 2 aromatic rings. The summed E-state index contributed by atoms with van der Waals surface area (Å²) in [6.45, 7) is 11.2. The summed E-state index contributed by atoms with van der Waals surface area (Å²) >= 11 is 1.60. The van der Waals surface area contributed by atoms with Crippen LogP contribution in [0.25, 0.3) is 11.3 Å². The third-order valence-electron chi connectivity index (χ3n) is 3.33. The molecule has 1 atom stereocenters. The van der Waals surface area contributed by atoms with Crippen LogP contribution in [0.15, 0.2) is 23.6 Å². The fourth-order valence-corrected chi connectivity index (χ4v) is 2.88. The van der Waals surface area contributed by atoms with Crippen molar-refractivity contribution in [2.24, 2.45) is 5.73 Å². The van der Waals surface area contributed by atoms with Crippen molar-refractivity contribution in [1.82, 2.24) is 4.98 Å². The van der Waals surface area contributed by atoms with Crippen LogP contribution < -0.4 is 10.5 Å². The Hall–Kier alpha value is -1.39. The van der Waals surface area contributed by atoms with E-state index in [-0.39, 0.29) is 11.5 Å². The van der Waals surface area contributed by atoms with Gasteiger partial charge in [-0.3, -0.25) is 0 Å². The lowest BCUT2D eigenvalue weighted by molar-refractivity contribution is 0.341. The largest absolute Gasteiger partial charge is 0.493 e. The third kappa shape index (κ3) is 3.63. The van der Waals surface area contributed by atoms with Gasteiger partial charge in [0.05, 0.1) is 18.3 Å². The number of rotatable bonds is 4. The molecule has 1 heterocycles. The van der Waals surface area contributed by atoms with Crippen molar-refractivity contribution in [3.63, 3.8) is 0 Å². The van der Waals surface area contributed by atoms with E-state index in [2.05, 4.69) is 43.3 Å². The normalized spacial score (nSPS) is 13.2. The van der Waals surface area contributed by atoms with Crippen LogP contribution in [0.2, 0.25) is 0 Å². The second-order valence-corrected chi connectivity index (χ2v) is 7.14. The summed E-state index contributed by atoms with van der Waals surface area (Å²) in [5.41, 5.74) is 9.28. The van der Waals surface area contributed by atoms with Gasteiger partial charge in [0.15, 0.2) is 0 Å². The lowest BCUT2D eigenvalue weighted by Crippen LogP contribution is -2.11. The summed E-state index contributed by atoms with van der Waals surface area (Å²) < 4.78 is 5.76. The van der Waals surface area contributed by atoms with E-state index in [4.69, 9.17) is 10.5 Å². The zero-order valence-electron chi connectivity index (χ0n) is 13.4. The van der Waals surface area contributed by atoms with Gasteiger partial charge in [0.1, 0.15) is 10.8 Å². The van der Waals surface area contributed by atoms with Crippen LogP contribution in [-0.2, 0) is 5.41 Å². The average molecular weight is 304 g/mol. The minimum atomic E-state index is -0.0370. The number of hydrogen-bond donors (Lipinski definition) is 1. The molecule has 0 amide bonds. The standard InChI is InChI=1S/C17H24N2OS/c1-6-20-15-8-7-12(17(3,4)5)9-13(15)14-10-21-16(19-14)11(2)18/h7-11H,6,18H2,1-5H3. The molecule has 2 rings (SSSR count). The summed E-state index contributed by atoms with van der Waals surface area (Å²) in [6, 6.07) is 6.33. The van der Waals surface area contributed by atoms with Gasteiger partial charge in [-0.15, -0.1) is 11.3 Å². The lowest BCUT2D eigenvalue weighted by Gasteiger charge is -2.21. The van der Waals surface area contributed by atoms with Gasteiger partial charge in [-0.25, -0.2) is 4.98 Å². The number of thiazole rings is 1. The molecule has 1 aromatic carbocycles. The Morgan fingerprint density at radius 3 is 2.57 bits per heavy atom. The van der Waals surface area contributed by atoms with E-state index >= 15 is 0 Å². The molecule has 4 heteroatoms. The molecule has 0 aliphatic rings. The molecule has 0 aliphatic carbocycles. The van der Waals surface area contributed by atoms with Crippen molar-refractivity contribution < 1.29 is 4.74 Å². The van der Waals surface area contributed by atoms with E-state index in [1.807, 2.05) is 19.9 Å². The summed E-state index contributed by atoms with van der Waals surface area (Å²) in [5, 5.41) is 3.01. The Balaban J connectivity index is 2.51. The molecule has 21 heavy (non-hydrogen) atoms. The van der Waals surface area contributed by atoms with E-state index in [1.54, 1.807) is 11.3 Å². The van der Waals surface area contributed by atoms with Crippen molar-refractivity contribution in [2.45, 2.75) is 46.1 Å². The van der Waals surface area contributed by atoms with Gasteiger partial charge < -0.3 is 10.5 Å². The quantitative estimate of drug-likeness (QED) is 0.903. The van der Waals surface area contributed by atoms with Gasteiger partial charge in [-0.2, -0.15) is 0 Å². The Kier molecular flexibility index (Phi) is 4.69. The zero-order chi connectivity index (χ0) is 15.6. The van der Waals surface area contributed by atoms with Crippen LogP contribution in [0.4, 0.5) is 0 Å². The molecular weight excluding hydrogens is 280 g/mol. The average Bonchev–Trinajstić information content (AvgIpc) is 2.88. The zero-order valence-corrected chi connectivity index (χ0v) is 14.3. The van der Waals surface area contributed by atoms with Crippen LogP contribution in [0, 0.1) is 0 Å². The Bertz CT molecular complexity index is 611. The first-order valence-electron chi connectivity index (χ1n) is 7.31. The van der Waals surface area contributed by atoms with Gasteiger partial charge in [0.25, 0.3) is 0 Å². The fraction of sp³-hybridized carbons (Fsp3) is 0.471. The molecule has 0 spiro atoms. The van der Waals surface area contributed by atoms with E-state index in [0.29, 0.717) is 6.61 Å². The van der Waals surface area contributed by atoms with Gasteiger partial charge in [-0.05, 0) is 37.0 Å². The fourth-order valence-electron chi connectivity index (χ4n) is 2.10. The number of nitrogens with zero attached hydrogens (tertiary/aromatic N) is 1. The Morgan fingerprint density at radius 2 is 2.05 bits per heavy atom. The number of hydrogen-bond acceptors (Lipinski definition) is 4. The molecule has 0 bridgehead atoms. The maximum absolute atomic E-state index is 5.92. The second kappa shape index (κ2) is 6.16. The molecule has 0 radical (unpaired) electrons. The van der Waals surface area contributed by atoms with Crippen LogP contribution in [0.3, 0.4) is 0 Å². The molecule has 114 valence electrons. The summed E-state index contributed by atoms with van der Waals surface area (Å²) in [5.74, 6) is 0.882. The summed E-state index contributed by atoms with van der Waals surface area (Å²) in [7, 11) is 0. The predicted octanol–water partition coefficient (Wildman–Crippen LogP) is 4.53. The van der Waals surface area contributed by atoms with Gasteiger partial charge in [0.2, 0.25) is 0 Å². The maximum atomic E-state index is 5.92. The third-order valence-corrected chi connectivity index (χ3v) is 4.38. The van der Waals surface area contributed by atoms with Crippen LogP contribution in [0.1, 0.15) is 51.2 Å². The molecule has 1 aromatic heterocycles. The van der Waals surface area contributed by atoms with Crippen molar-refractivity contribution in [2.75, 3.05) is 6.61 Å². The van der Waals surface area contributed by atoms with Crippen molar-refractivity contribution >= 4 is 11.3 Å². The SMILES string of the molecule is CCOc1ccc(C(C)(C)C)cc1-c1csc(C(C)N)n1.